The predicted octanol–water partition coefficient (Wildman–Crippen LogP) is 4.45. The fourth-order valence-corrected chi connectivity index (χ4v) is 9.40. The van der Waals surface area contributed by atoms with E-state index in [1.54, 1.807) is 36.5 Å². The molecule has 3 heterocycles. The molecule has 53 heavy (non-hydrogen) atoms. The first kappa shape index (κ1) is 32.6. The Labute approximate surface area is 303 Å². The van der Waals surface area contributed by atoms with E-state index >= 15 is 0 Å². The maximum Gasteiger partial charge on any atom is 0.252 e. The van der Waals surface area contributed by atoms with E-state index in [-0.39, 0.29) is 28.9 Å². The molecule has 0 saturated heterocycles. The van der Waals surface area contributed by atoms with E-state index in [0.29, 0.717) is 35.0 Å². The number of rotatable bonds is 11. The van der Waals surface area contributed by atoms with E-state index in [4.69, 9.17) is 0 Å². The molecule has 3 aromatic heterocycles. The molecule has 10 rings (SSSR count). The highest BCUT2D eigenvalue weighted by molar-refractivity contribution is 6.11. The van der Waals surface area contributed by atoms with Crippen molar-refractivity contribution in [2.24, 2.45) is 23.2 Å². The molecule has 6 aromatic rings. The summed E-state index contributed by atoms with van der Waals surface area (Å²) in [5, 5.41) is 38.4. The van der Waals surface area contributed by atoms with Gasteiger partial charge in [-0.3, -0.25) is 14.4 Å². The Morgan fingerprint density at radius 1 is 0.774 bits per heavy atom. The minimum absolute atomic E-state index is 0.132. The quantitative estimate of drug-likeness (QED) is 0.112. The number of H-pyrrole nitrogens is 3. The number of benzene rings is 3. The Balaban J connectivity index is 0.994. The second kappa shape index (κ2) is 13.4. The summed E-state index contributed by atoms with van der Waals surface area (Å²) in [6, 6.07) is 18.9. The van der Waals surface area contributed by atoms with Gasteiger partial charge in [0, 0.05) is 46.9 Å². The van der Waals surface area contributed by atoms with Crippen LogP contribution in [0, 0.1) is 23.2 Å². The van der Waals surface area contributed by atoms with Crippen LogP contribution in [0.5, 0.6) is 0 Å². The lowest BCUT2D eigenvalue weighted by Crippen LogP contribution is -2.51. The van der Waals surface area contributed by atoms with Gasteiger partial charge in [0.05, 0.1) is 11.1 Å². The summed E-state index contributed by atoms with van der Waals surface area (Å²) >= 11 is 0. The number of carbonyl (C=O) groups is 3. The van der Waals surface area contributed by atoms with E-state index in [2.05, 4.69) is 62.2 Å². The highest BCUT2D eigenvalue weighted by Crippen LogP contribution is 2.59. The van der Waals surface area contributed by atoms with Gasteiger partial charge in [-0.05, 0) is 114 Å². The maximum atomic E-state index is 14.3. The second-order valence-corrected chi connectivity index (χ2v) is 15.0. The van der Waals surface area contributed by atoms with E-state index in [9.17, 15) is 14.4 Å². The third-order valence-corrected chi connectivity index (χ3v) is 11.3. The summed E-state index contributed by atoms with van der Waals surface area (Å²) < 4.78 is 0. The van der Waals surface area contributed by atoms with Gasteiger partial charge in [0.15, 0.2) is 0 Å². The van der Waals surface area contributed by atoms with Crippen LogP contribution >= 0.6 is 0 Å². The molecule has 0 aliphatic heterocycles. The minimum Gasteiger partial charge on any atom is -0.361 e. The van der Waals surface area contributed by atoms with Gasteiger partial charge in [-0.1, -0.05) is 30.3 Å². The van der Waals surface area contributed by atoms with Gasteiger partial charge in [-0.25, -0.2) is 0 Å². The van der Waals surface area contributed by atoms with Crippen LogP contribution in [0.1, 0.15) is 64.8 Å². The van der Waals surface area contributed by atoms with Crippen LogP contribution in [0.25, 0.3) is 33.7 Å². The third-order valence-electron chi connectivity index (χ3n) is 11.3. The first-order valence-electron chi connectivity index (χ1n) is 18.0. The first-order valence-corrected chi connectivity index (χ1v) is 18.0. The lowest BCUT2D eigenvalue weighted by atomic mass is 9.49. The molecule has 4 bridgehead atoms. The number of aromatic nitrogens is 9. The molecule has 4 fully saturated rings. The molecule has 4 aliphatic rings. The number of tetrazole rings is 2. The maximum absolute atomic E-state index is 14.3. The highest BCUT2D eigenvalue weighted by Gasteiger charge is 2.50. The van der Waals surface area contributed by atoms with Crippen molar-refractivity contribution in [1.29, 1.82) is 0 Å². The van der Waals surface area contributed by atoms with E-state index < -0.39 is 17.9 Å². The Morgan fingerprint density at radius 2 is 1.42 bits per heavy atom. The van der Waals surface area contributed by atoms with Gasteiger partial charge >= 0.3 is 0 Å². The van der Waals surface area contributed by atoms with Crippen molar-refractivity contribution in [3.05, 3.63) is 89.6 Å². The van der Waals surface area contributed by atoms with Gasteiger partial charge in [0.2, 0.25) is 17.6 Å². The van der Waals surface area contributed by atoms with Crippen molar-refractivity contribution in [1.82, 2.24) is 56.9 Å². The lowest BCUT2D eigenvalue weighted by Gasteiger charge is -2.56. The SMILES string of the molecule is O=C(NCC12CC3CC(CC(C3)C1)C2)c1cc2[nH]ccc2cc1C(=O)N[C@@H](Cc1ccccc1)C(=O)Nc1cc(-c2nn[nH]n2)cc(-c2nn[nH]n2)c1. The van der Waals surface area contributed by atoms with Crippen molar-refractivity contribution >= 4 is 34.3 Å². The first-order chi connectivity index (χ1) is 25.9. The topological polar surface area (TPSA) is 212 Å². The molecule has 3 aromatic carbocycles. The molecular weight excluding hydrogens is 672 g/mol. The Hall–Kier alpha value is -6.25. The smallest absolute Gasteiger partial charge is 0.252 e. The Morgan fingerprint density at radius 3 is 2.04 bits per heavy atom. The number of amides is 3. The number of anilines is 1. The fraction of sp³-hybridized carbons (Fsp3) is 0.342. The van der Waals surface area contributed by atoms with Gasteiger partial charge in [-0.2, -0.15) is 10.4 Å². The molecule has 15 nitrogen and oxygen atoms in total. The molecule has 3 amide bonds. The van der Waals surface area contributed by atoms with Gasteiger partial charge in [0.1, 0.15) is 6.04 Å². The number of nitrogens with one attached hydrogen (secondary N) is 6. The molecular formula is C38H38N12O3. The van der Waals surface area contributed by atoms with Crippen LogP contribution in [0.2, 0.25) is 0 Å². The number of nitrogens with zero attached hydrogens (tertiary/aromatic N) is 6. The molecule has 268 valence electrons. The zero-order valence-electron chi connectivity index (χ0n) is 28.8. The molecule has 15 heteroatoms. The van der Waals surface area contributed by atoms with Crippen molar-refractivity contribution in [3.63, 3.8) is 0 Å². The van der Waals surface area contributed by atoms with Crippen LogP contribution in [0.3, 0.4) is 0 Å². The molecule has 0 unspecified atom stereocenters. The van der Waals surface area contributed by atoms with E-state index in [0.717, 1.165) is 53.5 Å². The summed E-state index contributed by atoms with van der Waals surface area (Å²) in [5.74, 6) is 1.58. The Kier molecular flexibility index (Phi) is 8.24. The summed E-state index contributed by atoms with van der Waals surface area (Å²) in [7, 11) is 0. The predicted molar refractivity (Wildman–Crippen MR) is 194 cm³/mol. The molecule has 6 N–H and O–H groups in total. The van der Waals surface area contributed by atoms with Gasteiger partial charge < -0.3 is 20.9 Å². The molecule has 4 saturated carbocycles. The second-order valence-electron chi connectivity index (χ2n) is 15.0. The number of carbonyl (C=O) groups excluding carboxylic acids is 3. The minimum atomic E-state index is -1.02. The van der Waals surface area contributed by atoms with Crippen molar-refractivity contribution in [2.75, 3.05) is 11.9 Å². The monoisotopic (exact) mass is 710 g/mol. The number of aromatic amines is 3. The number of hydrogen-bond donors (Lipinski definition) is 6. The van der Waals surface area contributed by atoms with E-state index in [1.165, 1.54) is 19.3 Å². The third kappa shape index (κ3) is 6.65. The fourth-order valence-electron chi connectivity index (χ4n) is 9.40. The molecule has 1 atom stereocenters. The largest absolute Gasteiger partial charge is 0.361 e. The van der Waals surface area contributed by atoms with Crippen LogP contribution < -0.4 is 16.0 Å². The average Bonchev–Trinajstić information content (AvgIpc) is 3.97. The van der Waals surface area contributed by atoms with Crippen LogP contribution in [0.4, 0.5) is 5.69 Å². The Bertz CT molecular complexity index is 2200. The zero-order valence-corrected chi connectivity index (χ0v) is 28.8. The molecule has 0 radical (unpaired) electrons. The van der Waals surface area contributed by atoms with Crippen molar-refractivity contribution < 1.29 is 14.4 Å². The summed E-state index contributed by atoms with van der Waals surface area (Å²) in [6.45, 7) is 0.604. The lowest BCUT2D eigenvalue weighted by molar-refractivity contribution is -0.118. The normalized spacial score (nSPS) is 22.1. The van der Waals surface area contributed by atoms with Gasteiger partial charge in [0.25, 0.3) is 11.8 Å². The number of hydrogen-bond acceptors (Lipinski definition) is 9. The van der Waals surface area contributed by atoms with Crippen molar-refractivity contribution in [3.8, 4) is 22.8 Å². The standard InChI is InChI=1S/C38H38N12O3/c51-35(40-20-38-17-22-8-23(18-38)10-24(9-22)19-38)30-16-31-25(6-7-39-31)15-29(30)36(52)42-32(11-21-4-2-1-3-5-21)37(53)41-28-13-26(33-43-47-48-44-33)12-27(14-28)34-45-49-50-46-34/h1-7,12-16,22-24,32,39H,8-11,17-20H2,(H,40,51)(H,41,53)(H,42,52)(H,43,44,47,48)(H,45,46,49,50)/t22?,23?,24?,32-,38?/m0/s1. The molecule has 4 aliphatic carbocycles. The van der Waals surface area contributed by atoms with Crippen molar-refractivity contribution in [2.45, 2.75) is 51.0 Å². The zero-order chi connectivity index (χ0) is 35.9. The highest BCUT2D eigenvalue weighted by atomic mass is 16.2. The summed E-state index contributed by atoms with van der Waals surface area (Å²) in [4.78, 5) is 45.7. The van der Waals surface area contributed by atoms with Crippen LogP contribution in [-0.2, 0) is 11.2 Å². The molecule has 0 spiro atoms. The number of fused-ring (bicyclic) bond motifs is 1. The average molecular weight is 711 g/mol. The van der Waals surface area contributed by atoms with E-state index in [1.807, 2.05) is 36.4 Å². The van der Waals surface area contributed by atoms with Crippen LogP contribution in [-0.4, -0.2) is 76.5 Å². The summed E-state index contributed by atoms with van der Waals surface area (Å²) in [6.07, 6.45) is 9.42. The van der Waals surface area contributed by atoms with Crippen LogP contribution in [0.15, 0.2) is 72.9 Å². The van der Waals surface area contributed by atoms with Gasteiger partial charge in [-0.15, -0.1) is 20.4 Å². The summed E-state index contributed by atoms with van der Waals surface area (Å²) in [5.41, 5.74) is 3.67.